The van der Waals surface area contributed by atoms with E-state index in [0.717, 1.165) is 19.3 Å². The second kappa shape index (κ2) is 3.69. The molecule has 1 rings (SSSR count). The third kappa shape index (κ3) is 2.17. The van der Waals surface area contributed by atoms with Crippen LogP contribution < -0.4 is 11.3 Å². The van der Waals surface area contributed by atoms with Crippen molar-refractivity contribution in [1.29, 1.82) is 0 Å². The zero-order valence-electron chi connectivity index (χ0n) is 6.67. The highest BCUT2D eigenvalue weighted by molar-refractivity contribution is 5.80. The fourth-order valence-corrected chi connectivity index (χ4v) is 1.29. The van der Waals surface area contributed by atoms with E-state index in [-0.39, 0.29) is 18.1 Å². The third-order valence-corrected chi connectivity index (χ3v) is 1.91. The lowest BCUT2D eigenvalue weighted by molar-refractivity contribution is -0.140. The van der Waals surface area contributed by atoms with Crippen LogP contribution in [-0.2, 0) is 9.53 Å². The summed E-state index contributed by atoms with van der Waals surface area (Å²) in [5, 5.41) is 0. The molecule has 1 saturated heterocycles. The molecular formula is C7H14N2O2. The summed E-state index contributed by atoms with van der Waals surface area (Å²) in [6.07, 6.45) is 2.72. The van der Waals surface area contributed by atoms with E-state index in [1.807, 2.05) is 6.92 Å². The van der Waals surface area contributed by atoms with E-state index in [2.05, 4.69) is 5.43 Å². The molecule has 1 fully saturated rings. The van der Waals surface area contributed by atoms with Gasteiger partial charge < -0.3 is 4.74 Å². The van der Waals surface area contributed by atoms with Gasteiger partial charge in [-0.1, -0.05) is 0 Å². The normalized spacial score (nSPS) is 31.5. The largest absolute Gasteiger partial charge is 0.365 e. The molecule has 11 heavy (non-hydrogen) atoms. The average Bonchev–Trinajstić information content (AvgIpc) is 2.03. The number of carbonyl (C=O) groups is 1. The van der Waals surface area contributed by atoms with Crippen LogP contribution in [0.2, 0.25) is 0 Å². The second-order valence-corrected chi connectivity index (χ2v) is 2.87. The smallest absolute Gasteiger partial charge is 0.262 e. The van der Waals surface area contributed by atoms with E-state index >= 15 is 0 Å². The molecule has 2 atom stereocenters. The molecule has 0 spiro atoms. The number of ether oxygens (including phenoxy) is 1. The standard InChI is InChI=1S/C7H14N2O2/c1-5-3-2-4-6(11-5)7(10)9-8/h5-6H,2-4,8H2,1H3,(H,9,10). The number of hydrazine groups is 1. The minimum atomic E-state index is -0.330. The fraction of sp³-hybridized carbons (Fsp3) is 0.857. The first kappa shape index (κ1) is 8.49. The Morgan fingerprint density at radius 1 is 1.64 bits per heavy atom. The Hall–Kier alpha value is -0.610. The van der Waals surface area contributed by atoms with Crippen molar-refractivity contribution in [3.63, 3.8) is 0 Å². The number of rotatable bonds is 1. The Labute approximate surface area is 66.1 Å². The summed E-state index contributed by atoms with van der Waals surface area (Å²) in [7, 11) is 0. The maximum atomic E-state index is 11.0. The summed E-state index contributed by atoms with van der Waals surface area (Å²) >= 11 is 0. The number of nitrogens with one attached hydrogen (secondary N) is 1. The molecule has 64 valence electrons. The minimum absolute atomic E-state index is 0.186. The summed E-state index contributed by atoms with van der Waals surface area (Å²) in [6, 6.07) is 0. The van der Waals surface area contributed by atoms with E-state index in [0.29, 0.717) is 0 Å². The number of hydrogen-bond donors (Lipinski definition) is 2. The maximum Gasteiger partial charge on any atom is 0.262 e. The lowest BCUT2D eigenvalue weighted by Gasteiger charge is -2.26. The Balaban J connectivity index is 2.39. The number of carbonyl (C=O) groups excluding carboxylic acids is 1. The molecular weight excluding hydrogens is 144 g/mol. The SMILES string of the molecule is CC1CCCC(C(=O)NN)O1. The van der Waals surface area contributed by atoms with Gasteiger partial charge in [0.1, 0.15) is 6.10 Å². The number of hydrogen-bond acceptors (Lipinski definition) is 3. The molecule has 2 unspecified atom stereocenters. The molecule has 0 aromatic carbocycles. The van der Waals surface area contributed by atoms with Crippen LogP contribution in [-0.4, -0.2) is 18.1 Å². The highest BCUT2D eigenvalue weighted by Gasteiger charge is 2.24. The summed E-state index contributed by atoms with van der Waals surface area (Å²) in [4.78, 5) is 11.0. The Morgan fingerprint density at radius 2 is 2.36 bits per heavy atom. The molecule has 0 aromatic heterocycles. The van der Waals surface area contributed by atoms with Crippen molar-refractivity contribution < 1.29 is 9.53 Å². The first-order chi connectivity index (χ1) is 5.24. The van der Waals surface area contributed by atoms with Gasteiger partial charge in [0.05, 0.1) is 6.10 Å². The van der Waals surface area contributed by atoms with Crippen LogP contribution in [0, 0.1) is 0 Å². The molecule has 4 nitrogen and oxygen atoms in total. The molecule has 0 bridgehead atoms. The van der Waals surface area contributed by atoms with E-state index in [1.165, 1.54) is 0 Å². The van der Waals surface area contributed by atoms with Gasteiger partial charge in [-0.2, -0.15) is 0 Å². The fourth-order valence-electron chi connectivity index (χ4n) is 1.29. The maximum absolute atomic E-state index is 11.0. The molecule has 3 N–H and O–H groups in total. The van der Waals surface area contributed by atoms with Gasteiger partial charge in [-0.05, 0) is 26.2 Å². The van der Waals surface area contributed by atoms with E-state index in [4.69, 9.17) is 10.6 Å². The van der Waals surface area contributed by atoms with Crippen molar-refractivity contribution in [3.8, 4) is 0 Å². The van der Waals surface area contributed by atoms with Crippen molar-refractivity contribution in [2.24, 2.45) is 5.84 Å². The predicted molar refractivity (Wildman–Crippen MR) is 40.5 cm³/mol. The molecule has 1 aliphatic heterocycles. The lowest BCUT2D eigenvalue weighted by atomic mass is 10.0. The lowest BCUT2D eigenvalue weighted by Crippen LogP contribution is -2.43. The zero-order valence-corrected chi connectivity index (χ0v) is 6.67. The van der Waals surface area contributed by atoms with E-state index in [1.54, 1.807) is 0 Å². The Bertz CT molecular complexity index is 149. The van der Waals surface area contributed by atoms with Crippen LogP contribution in [0.5, 0.6) is 0 Å². The molecule has 0 radical (unpaired) electrons. The van der Waals surface area contributed by atoms with Gasteiger partial charge in [-0.25, -0.2) is 5.84 Å². The topological polar surface area (TPSA) is 64.4 Å². The summed E-state index contributed by atoms with van der Waals surface area (Å²) < 4.78 is 5.35. The zero-order chi connectivity index (χ0) is 8.27. The number of amides is 1. The molecule has 0 aromatic rings. The molecule has 0 saturated carbocycles. The van der Waals surface area contributed by atoms with Crippen LogP contribution in [0.1, 0.15) is 26.2 Å². The molecule has 1 heterocycles. The van der Waals surface area contributed by atoms with Gasteiger partial charge in [0.2, 0.25) is 0 Å². The van der Waals surface area contributed by atoms with Crippen LogP contribution in [0.4, 0.5) is 0 Å². The Morgan fingerprint density at radius 3 is 2.91 bits per heavy atom. The molecule has 4 heteroatoms. The van der Waals surface area contributed by atoms with Crippen molar-refractivity contribution in [2.75, 3.05) is 0 Å². The molecule has 1 aliphatic rings. The van der Waals surface area contributed by atoms with Gasteiger partial charge in [-0.15, -0.1) is 0 Å². The van der Waals surface area contributed by atoms with E-state index in [9.17, 15) is 4.79 Å². The Kier molecular flexibility index (Phi) is 2.84. The second-order valence-electron chi connectivity index (χ2n) is 2.87. The van der Waals surface area contributed by atoms with Crippen molar-refractivity contribution in [3.05, 3.63) is 0 Å². The average molecular weight is 158 g/mol. The van der Waals surface area contributed by atoms with Crippen LogP contribution in [0.25, 0.3) is 0 Å². The summed E-state index contributed by atoms with van der Waals surface area (Å²) in [6.45, 7) is 1.97. The van der Waals surface area contributed by atoms with Gasteiger partial charge >= 0.3 is 0 Å². The van der Waals surface area contributed by atoms with Gasteiger partial charge in [0, 0.05) is 0 Å². The van der Waals surface area contributed by atoms with Crippen molar-refractivity contribution >= 4 is 5.91 Å². The van der Waals surface area contributed by atoms with Gasteiger partial charge in [0.15, 0.2) is 0 Å². The van der Waals surface area contributed by atoms with Gasteiger partial charge in [-0.3, -0.25) is 10.2 Å². The predicted octanol–water partition coefficient (Wildman–Crippen LogP) is -0.0661. The van der Waals surface area contributed by atoms with Crippen LogP contribution in [0.3, 0.4) is 0 Å². The first-order valence-corrected chi connectivity index (χ1v) is 3.90. The monoisotopic (exact) mass is 158 g/mol. The third-order valence-electron chi connectivity index (χ3n) is 1.91. The van der Waals surface area contributed by atoms with Gasteiger partial charge in [0.25, 0.3) is 5.91 Å². The summed E-state index contributed by atoms with van der Waals surface area (Å²) in [5.74, 6) is 4.76. The van der Waals surface area contributed by atoms with Crippen LogP contribution >= 0.6 is 0 Å². The van der Waals surface area contributed by atoms with Crippen molar-refractivity contribution in [2.45, 2.75) is 38.4 Å². The highest BCUT2D eigenvalue weighted by Crippen LogP contribution is 2.18. The first-order valence-electron chi connectivity index (χ1n) is 3.90. The highest BCUT2D eigenvalue weighted by atomic mass is 16.5. The quantitative estimate of drug-likeness (QED) is 0.319. The molecule has 1 amide bonds. The molecule has 0 aliphatic carbocycles. The number of nitrogens with two attached hydrogens (primary N) is 1. The van der Waals surface area contributed by atoms with Crippen LogP contribution in [0.15, 0.2) is 0 Å². The van der Waals surface area contributed by atoms with E-state index < -0.39 is 0 Å². The minimum Gasteiger partial charge on any atom is -0.365 e. The van der Waals surface area contributed by atoms with Crippen molar-refractivity contribution in [1.82, 2.24) is 5.43 Å². The summed E-state index contributed by atoms with van der Waals surface area (Å²) in [5.41, 5.74) is 2.09.